The zero-order valence-electron chi connectivity index (χ0n) is 12.2. The fourth-order valence-corrected chi connectivity index (χ4v) is 3.06. The molecule has 2 aromatic rings. The number of carboxylic acids is 1. The van der Waals surface area contributed by atoms with Crippen LogP contribution in [0.1, 0.15) is 12.8 Å². The molecule has 7 nitrogen and oxygen atoms in total. The van der Waals surface area contributed by atoms with Gasteiger partial charge < -0.3 is 10.0 Å². The number of benzene rings is 1. The Hall–Kier alpha value is -2.57. The smallest absolute Gasteiger partial charge is 0.329 e. The third-order valence-corrected chi connectivity index (χ3v) is 4.20. The zero-order valence-corrected chi connectivity index (χ0v) is 12.2. The van der Waals surface area contributed by atoms with Crippen molar-refractivity contribution in [3.63, 3.8) is 0 Å². The summed E-state index contributed by atoms with van der Waals surface area (Å²) in [7, 11) is 1.65. The second-order valence-corrected chi connectivity index (χ2v) is 5.50. The number of fused-ring (bicyclic) bond motifs is 1. The van der Waals surface area contributed by atoms with Crippen LogP contribution in [0.3, 0.4) is 0 Å². The number of amides is 1. The monoisotopic (exact) mass is 303 g/mol. The number of hydrogen-bond donors (Lipinski definition) is 1. The fraction of sp³-hybridized carbons (Fsp3) is 0.400. The second kappa shape index (κ2) is 5.32. The van der Waals surface area contributed by atoms with Gasteiger partial charge in [-0.25, -0.2) is 9.59 Å². The largest absolute Gasteiger partial charge is 0.480 e. The normalized spacial score (nSPS) is 18.0. The molecule has 2 heterocycles. The van der Waals surface area contributed by atoms with E-state index in [1.807, 2.05) is 12.1 Å². The van der Waals surface area contributed by atoms with Gasteiger partial charge in [-0.15, -0.1) is 0 Å². The van der Waals surface area contributed by atoms with Crippen molar-refractivity contribution in [2.45, 2.75) is 25.4 Å². The number of hydrogen-bond acceptors (Lipinski definition) is 3. The molecule has 0 saturated carbocycles. The molecule has 0 spiro atoms. The van der Waals surface area contributed by atoms with Gasteiger partial charge in [0.2, 0.25) is 5.91 Å². The van der Waals surface area contributed by atoms with Crippen molar-refractivity contribution >= 4 is 22.9 Å². The molecule has 0 unspecified atom stereocenters. The van der Waals surface area contributed by atoms with Gasteiger partial charge in [0.15, 0.2) is 0 Å². The summed E-state index contributed by atoms with van der Waals surface area (Å²) < 4.78 is 2.89. The molecule has 0 aliphatic carbocycles. The van der Waals surface area contributed by atoms with Crippen molar-refractivity contribution in [1.82, 2.24) is 14.0 Å². The molecule has 1 amide bonds. The Morgan fingerprint density at radius 1 is 1.27 bits per heavy atom. The predicted octanol–water partition coefficient (Wildman–Crippen LogP) is 0.416. The van der Waals surface area contributed by atoms with E-state index in [0.29, 0.717) is 24.9 Å². The maximum atomic E-state index is 12.4. The van der Waals surface area contributed by atoms with Gasteiger partial charge in [-0.05, 0) is 25.0 Å². The van der Waals surface area contributed by atoms with E-state index in [-0.39, 0.29) is 18.1 Å². The maximum Gasteiger partial charge on any atom is 0.329 e. The number of imidazole rings is 1. The highest BCUT2D eigenvalue weighted by molar-refractivity contribution is 5.85. The van der Waals surface area contributed by atoms with Crippen LogP contribution in [-0.2, 0) is 23.2 Å². The van der Waals surface area contributed by atoms with Crippen molar-refractivity contribution in [2.75, 3.05) is 6.54 Å². The van der Waals surface area contributed by atoms with Crippen LogP contribution < -0.4 is 5.69 Å². The lowest BCUT2D eigenvalue weighted by atomic mass is 10.2. The number of aromatic nitrogens is 2. The molecule has 1 saturated heterocycles. The number of rotatable bonds is 3. The molecular weight excluding hydrogens is 286 g/mol. The predicted molar refractivity (Wildman–Crippen MR) is 79.5 cm³/mol. The summed E-state index contributed by atoms with van der Waals surface area (Å²) in [5.74, 6) is -1.32. The van der Waals surface area contributed by atoms with Crippen LogP contribution in [0.4, 0.5) is 0 Å². The number of carboxylic acid groups (broad SMARTS) is 1. The van der Waals surface area contributed by atoms with E-state index in [1.165, 1.54) is 14.0 Å². The molecule has 1 atom stereocenters. The fourth-order valence-electron chi connectivity index (χ4n) is 3.06. The average Bonchev–Trinajstić information content (AvgIpc) is 3.08. The molecule has 3 rings (SSSR count). The van der Waals surface area contributed by atoms with Gasteiger partial charge in [0.05, 0.1) is 11.0 Å². The van der Waals surface area contributed by atoms with E-state index in [1.54, 1.807) is 19.2 Å². The number of carbonyl (C=O) groups is 2. The standard InChI is InChI=1S/C15H17N3O4/c1-16-10-5-2-3-6-11(10)18(15(16)22)9-13(19)17-8-4-7-12(17)14(20)21/h2-3,5-6,12H,4,7-9H2,1H3,(H,20,21)/t12-/m0/s1. The summed E-state index contributed by atoms with van der Waals surface area (Å²) in [6, 6.07) is 6.45. The lowest BCUT2D eigenvalue weighted by Gasteiger charge is -2.21. The lowest BCUT2D eigenvalue weighted by Crippen LogP contribution is -2.43. The third-order valence-electron chi connectivity index (χ3n) is 4.20. The first-order valence-electron chi connectivity index (χ1n) is 7.17. The van der Waals surface area contributed by atoms with Crippen LogP contribution in [0.15, 0.2) is 29.1 Å². The highest BCUT2D eigenvalue weighted by Crippen LogP contribution is 2.19. The summed E-state index contributed by atoms with van der Waals surface area (Å²) in [6.07, 6.45) is 1.14. The van der Waals surface area contributed by atoms with Gasteiger partial charge in [0, 0.05) is 13.6 Å². The van der Waals surface area contributed by atoms with E-state index < -0.39 is 12.0 Å². The van der Waals surface area contributed by atoms with Gasteiger partial charge in [-0.1, -0.05) is 12.1 Å². The lowest BCUT2D eigenvalue weighted by molar-refractivity contribution is -0.148. The summed E-state index contributed by atoms with van der Waals surface area (Å²) >= 11 is 0. The highest BCUT2D eigenvalue weighted by atomic mass is 16.4. The Labute approximate surface area is 126 Å². The van der Waals surface area contributed by atoms with Crippen molar-refractivity contribution < 1.29 is 14.7 Å². The molecule has 7 heteroatoms. The minimum atomic E-state index is -0.990. The number of likely N-dealkylation sites (tertiary alicyclic amines) is 1. The van der Waals surface area contributed by atoms with Gasteiger partial charge >= 0.3 is 11.7 Å². The Kier molecular flexibility index (Phi) is 3.48. The highest BCUT2D eigenvalue weighted by Gasteiger charge is 2.34. The first-order chi connectivity index (χ1) is 10.5. The number of para-hydroxylation sites is 2. The number of carbonyl (C=O) groups excluding carboxylic acids is 1. The van der Waals surface area contributed by atoms with Gasteiger partial charge in [-0.3, -0.25) is 13.9 Å². The van der Waals surface area contributed by atoms with Crippen molar-refractivity contribution in [2.24, 2.45) is 7.05 Å². The average molecular weight is 303 g/mol. The minimum Gasteiger partial charge on any atom is -0.480 e. The minimum absolute atomic E-state index is 0.135. The van der Waals surface area contributed by atoms with Crippen molar-refractivity contribution in [3.05, 3.63) is 34.7 Å². The maximum absolute atomic E-state index is 12.4. The van der Waals surface area contributed by atoms with Crippen LogP contribution in [-0.4, -0.2) is 43.6 Å². The Balaban J connectivity index is 1.94. The summed E-state index contributed by atoms with van der Waals surface area (Å²) in [5, 5.41) is 9.16. The quantitative estimate of drug-likeness (QED) is 0.890. The van der Waals surface area contributed by atoms with Gasteiger partial charge in [0.1, 0.15) is 12.6 Å². The van der Waals surface area contributed by atoms with Crippen LogP contribution in [0.5, 0.6) is 0 Å². The summed E-state index contributed by atoms with van der Waals surface area (Å²) in [4.78, 5) is 37.3. The second-order valence-electron chi connectivity index (χ2n) is 5.50. The Bertz CT molecular complexity index is 805. The SMILES string of the molecule is Cn1c(=O)n(CC(=O)N2CCC[C@H]2C(=O)O)c2ccccc21. The zero-order chi connectivity index (χ0) is 15.9. The molecule has 1 N–H and O–H groups in total. The molecule has 22 heavy (non-hydrogen) atoms. The van der Waals surface area contributed by atoms with Crippen LogP contribution in [0, 0.1) is 0 Å². The Morgan fingerprint density at radius 3 is 2.64 bits per heavy atom. The van der Waals surface area contributed by atoms with Crippen molar-refractivity contribution in [1.29, 1.82) is 0 Å². The Morgan fingerprint density at radius 2 is 1.95 bits per heavy atom. The van der Waals surface area contributed by atoms with E-state index in [2.05, 4.69) is 0 Å². The van der Waals surface area contributed by atoms with Crippen LogP contribution in [0.25, 0.3) is 11.0 Å². The molecule has 1 aromatic heterocycles. The first kappa shape index (κ1) is 14.4. The summed E-state index contributed by atoms with van der Waals surface area (Å²) in [6.45, 7) is 0.291. The first-order valence-corrected chi connectivity index (χ1v) is 7.17. The van der Waals surface area contributed by atoms with Crippen LogP contribution >= 0.6 is 0 Å². The van der Waals surface area contributed by atoms with Gasteiger partial charge in [-0.2, -0.15) is 0 Å². The molecule has 1 aromatic carbocycles. The number of nitrogens with zero attached hydrogens (tertiary/aromatic N) is 3. The van der Waals surface area contributed by atoms with Crippen LogP contribution in [0.2, 0.25) is 0 Å². The molecule has 116 valence electrons. The molecule has 1 aliphatic rings. The van der Waals surface area contributed by atoms with Crippen molar-refractivity contribution in [3.8, 4) is 0 Å². The third kappa shape index (κ3) is 2.18. The molecule has 0 bridgehead atoms. The molecular formula is C15H17N3O4. The molecule has 1 aliphatic heterocycles. The van der Waals surface area contributed by atoms with E-state index in [9.17, 15) is 14.4 Å². The number of aliphatic carboxylic acids is 1. The van der Waals surface area contributed by atoms with E-state index in [4.69, 9.17) is 5.11 Å². The van der Waals surface area contributed by atoms with E-state index in [0.717, 1.165) is 5.52 Å². The van der Waals surface area contributed by atoms with E-state index >= 15 is 0 Å². The van der Waals surface area contributed by atoms with Gasteiger partial charge in [0.25, 0.3) is 0 Å². The molecule has 1 fully saturated rings. The topological polar surface area (TPSA) is 84.5 Å². The summed E-state index contributed by atoms with van der Waals surface area (Å²) in [5.41, 5.74) is 1.14. The molecule has 0 radical (unpaired) electrons. The number of aryl methyl sites for hydroxylation is 1.